The van der Waals surface area contributed by atoms with E-state index in [1.54, 1.807) is 0 Å². The van der Waals surface area contributed by atoms with E-state index in [0.717, 1.165) is 34.2 Å². The van der Waals surface area contributed by atoms with Crippen LogP contribution in [0.15, 0.2) is 78.9 Å². The summed E-state index contributed by atoms with van der Waals surface area (Å²) in [6.07, 6.45) is 0. The zero-order chi connectivity index (χ0) is 22.7. The normalized spacial score (nSPS) is 10.5. The van der Waals surface area contributed by atoms with Crippen LogP contribution in [0.4, 0.5) is 16.5 Å². The van der Waals surface area contributed by atoms with E-state index in [-0.39, 0.29) is 10.7 Å². The Labute approximate surface area is 185 Å². The lowest BCUT2D eigenvalue weighted by Gasteiger charge is -2.03. The Balaban J connectivity index is 1.73. The van der Waals surface area contributed by atoms with E-state index in [2.05, 4.69) is 10.3 Å². The van der Waals surface area contributed by atoms with Crippen LogP contribution >= 0.6 is 11.3 Å². The van der Waals surface area contributed by atoms with Crippen molar-refractivity contribution in [3.8, 4) is 21.7 Å². The number of nitro groups is 2. The lowest BCUT2D eigenvalue weighted by Crippen LogP contribution is -2.14. The van der Waals surface area contributed by atoms with E-state index in [9.17, 15) is 25.0 Å². The van der Waals surface area contributed by atoms with Gasteiger partial charge in [0.2, 0.25) is 0 Å². The highest BCUT2D eigenvalue weighted by Crippen LogP contribution is 2.39. The number of non-ortho nitro benzene ring substituents is 1. The Kier molecular flexibility index (Phi) is 5.69. The molecule has 0 aliphatic carbocycles. The van der Waals surface area contributed by atoms with Gasteiger partial charge in [0.1, 0.15) is 5.56 Å². The minimum atomic E-state index is -0.825. The highest BCUT2D eigenvalue weighted by Gasteiger charge is 2.25. The first kappa shape index (κ1) is 20.8. The van der Waals surface area contributed by atoms with Crippen molar-refractivity contribution < 1.29 is 14.6 Å². The van der Waals surface area contributed by atoms with Crippen LogP contribution in [-0.4, -0.2) is 20.7 Å². The zero-order valence-corrected chi connectivity index (χ0v) is 17.1. The van der Waals surface area contributed by atoms with Gasteiger partial charge in [-0.2, -0.15) is 0 Å². The van der Waals surface area contributed by atoms with Crippen LogP contribution in [0.3, 0.4) is 0 Å². The molecule has 0 fully saturated rings. The molecule has 0 aliphatic rings. The number of rotatable bonds is 6. The molecule has 0 atom stereocenters. The van der Waals surface area contributed by atoms with Gasteiger partial charge in [0.25, 0.3) is 17.3 Å². The molecule has 0 spiro atoms. The van der Waals surface area contributed by atoms with Crippen molar-refractivity contribution in [1.29, 1.82) is 0 Å². The van der Waals surface area contributed by atoms with Gasteiger partial charge in [-0.25, -0.2) is 4.98 Å². The third-order valence-electron chi connectivity index (χ3n) is 4.56. The second-order valence-electron chi connectivity index (χ2n) is 6.60. The summed E-state index contributed by atoms with van der Waals surface area (Å²) in [6, 6.07) is 21.8. The van der Waals surface area contributed by atoms with Crippen LogP contribution in [-0.2, 0) is 0 Å². The fraction of sp³-hybridized carbons (Fsp3) is 0. The largest absolute Gasteiger partial charge is 0.298 e. The summed E-state index contributed by atoms with van der Waals surface area (Å²) in [6.45, 7) is 0. The first-order valence-electron chi connectivity index (χ1n) is 9.30. The number of anilines is 1. The molecule has 0 radical (unpaired) electrons. The quantitative estimate of drug-likeness (QED) is 0.306. The topological polar surface area (TPSA) is 128 Å². The van der Waals surface area contributed by atoms with Crippen LogP contribution in [0.1, 0.15) is 10.4 Å². The Hall–Kier alpha value is -4.44. The summed E-state index contributed by atoms with van der Waals surface area (Å²) in [5.74, 6) is -0.778. The molecule has 0 saturated carbocycles. The van der Waals surface area contributed by atoms with Gasteiger partial charge in [-0.15, -0.1) is 0 Å². The molecule has 1 amide bonds. The SMILES string of the molecule is O=C(Nc1nc(-c2ccccc2)c(-c2ccccc2)s1)c1ccc([N+](=O)[O-])cc1[N+](=O)[O-]. The van der Waals surface area contributed by atoms with Gasteiger partial charge in [-0.1, -0.05) is 72.0 Å². The van der Waals surface area contributed by atoms with Crippen LogP contribution in [0, 0.1) is 20.2 Å². The number of benzene rings is 3. The van der Waals surface area contributed by atoms with Crippen LogP contribution in [0.25, 0.3) is 21.7 Å². The maximum atomic E-state index is 12.8. The van der Waals surface area contributed by atoms with Gasteiger partial charge in [0.05, 0.1) is 26.5 Å². The van der Waals surface area contributed by atoms with Crippen molar-refractivity contribution in [3.63, 3.8) is 0 Å². The maximum Gasteiger partial charge on any atom is 0.289 e. The van der Waals surface area contributed by atoms with Crippen molar-refractivity contribution >= 4 is 33.8 Å². The molecule has 9 nitrogen and oxygen atoms in total. The van der Waals surface area contributed by atoms with E-state index < -0.39 is 27.1 Å². The number of aromatic nitrogens is 1. The highest BCUT2D eigenvalue weighted by molar-refractivity contribution is 7.19. The summed E-state index contributed by atoms with van der Waals surface area (Å²) in [5, 5.41) is 25.2. The molecule has 1 heterocycles. The predicted molar refractivity (Wildman–Crippen MR) is 121 cm³/mol. The molecule has 10 heteroatoms. The number of nitro benzene ring substituents is 2. The number of carbonyl (C=O) groups is 1. The molecule has 0 aliphatic heterocycles. The van der Waals surface area contributed by atoms with E-state index in [1.807, 2.05) is 60.7 Å². The van der Waals surface area contributed by atoms with Crippen molar-refractivity contribution in [1.82, 2.24) is 4.98 Å². The standard InChI is InChI=1S/C22H14N4O5S/c27-21(17-12-11-16(25(28)29)13-18(17)26(30)31)24-22-23-19(14-7-3-1-4-8-14)20(32-22)15-9-5-2-6-10-15/h1-13H,(H,23,24,27). The molecule has 1 aromatic heterocycles. The summed E-state index contributed by atoms with van der Waals surface area (Å²) in [7, 11) is 0. The fourth-order valence-electron chi connectivity index (χ4n) is 3.09. The van der Waals surface area contributed by atoms with Crippen molar-refractivity contribution in [2.24, 2.45) is 0 Å². The highest BCUT2D eigenvalue weighted by atomic mass is 32.1. The second kappa shape index (κ2) is 8.74. The Bertz CT molecular complexity index is 1270. The predicted octanol–water partition coefficient (Wildman–Crippen LogP) is 5.55. The molecule has 3 aromatic carbocycles. The van der Waals surface area contributed by atoms with Gasteiger partial charge in [-0.05, 0) is 11.6 Å². The number of amides is 1. The van der Waals surface area contributed by atoms with Crippen LogP contribution < -0.4 is 5.32 Å². The van der Waals surface area contributed by atoms with Crippen molar-refractivity contribution in [2.45, 2.75) is 0 Å². The summed E-state index contributed by atoms with van der Waals surface area (Å²) in [4.78, 5) is 38.9. The van der Waals surface area contributed by atoms with Crippen LogP contribution in [0.5, 0.6) is 0 Å². The average Bonchev–Trinajstić information content (AvgIpc) is 3.23. The van der Waals surface area contributed by atoms with E-state index >= 15 is 0 Å². The third kappa shape index (κ3) is 4.20. The molecular formula is C22H14N4O5S. The Morgan fingerprint density at radius 3 is 2.06 bits per heavy atom. The van der Waals surface area contributed by atoms with Crippen molar-refractivity contribution in [3.05, 3.63) is 105 Å². The molecule has 32 heavy (non-hydrogen) atoms. The van der Waals surface area contributed by atoms with Gasteiger partial charge < -0.3 is 0 Å². The monoisotopic (exact) mass is 446 g/mol. The first-order valence-corrected chi connectivity index (χ1v) is 10.1. The molecule has 1 N–H and O–H groups in total. The number of thiazole rings is 1. The zero-order valence-electron chi connectivity index (χ0n) is 16.3. The van der Waals surface area contributed by atoms with E-state index in [4.69, 9.17) is 0 Å². The lowest BCUT2D eigenvalue weighted by molar-refractivity contribution is -0.394. The van der Waals surface area contributed by atoms with Gasteiger partial charge in [0, 0.05) is 11.6 Å². The van der Waals surface area contributed by atoms with Gasteiger partial charge >= 0.3 is 0 Å². The lowest BCUT2D eigenvalue weighted by atomic mass is 10.1. The summed E-state index contributed by atoms with van der Waals surface area (Å²) < 4.78 is 0. The number of carbonyl (C=O) groups excluding carboxylic acids is 1. The molecule has 0 bridgehead atoms. The Morgan fingerprint density at radius 1 is 0.844 bits per heavy atom. The molecule has 4 rings (SSSR count). The summed E-state index contributed by atoms with van der Waals surface area (Å²) >= 11 is 1.23. The minimum absolute atomic E-state index is 0.250. The Morgan fingerprint density at radius 2 is 1.47 bits per heavy atom. The molecule has 4 aromatic rings. The smallest absolute Gasteiger partial charge is 0.289 e. The number of hydrogen-bond acceptors (Lipinski definition) is 7. The minimum Gasteiger partial charge on any atom is -0.298 e. The van der Waals surface area contributed by atoms with E-state index in [0.29, 0.717) is 5.69 Å². The number of nitrogens with one attached hydrogen (secondary N) is 1. The van der Waals surface area contributed by atoms with Gasteiger partial charge in [0.15, 0.2) is 5.13 Å². The van der Waals surface area contributed by atoms with E-state index in [1.165, 1.54) is 11.3 Å². The maximum absolute atomic E-state index is 12.8. The fourth-order valence-corrected chi connectivity index (χ4v) is 4.08. The summed E-state index contributed by atoms with van der Waals surface area (Å²) in [5.41, 5.74) is 1.00. The van der Waals surface area contributed by atoms with Crippen LogP contribution in [0.2, 0.25) is 0 Å². The second-order valence-corrected chi connectivity index (χ2v) is 7.60. The molecular weight excluding hydrogens is 432 g/mol. The number of hydrogen-bond donors (Lipinski definition) is 1. The van der Waals surface area contributed by atoms with Crippen molar-refractivity contribution in [2.75, 3.05) is 5.32 Å². The third-order valence-corrected chi connectivity index (χ3v) is 5.58. The first-order chi connectivity index (χ1) is 15.4. The average molecular weight is 446 g/mol. The molecule has 0 unspecified atom stereocenters. The number of nitrogens with zero attached hydrogens (tertiary/aromatic N) is 3. The molecule has 0 saturated heterocycles. The molecule has 158 valence electrons. The van der Waals surface area contributed by atoms with Gasteiger partial charge in [-0.3, -0.25) is 30.3 Å².